The summed E-state index contributed by atoms with van der Waals surface area (Å²) in [6, 6.07) is 14.6. The lowest BCUT2D eigenvalue weighted by Gasteiger charge is -2.36. The van der Waals surface area contributed by atoms with Crippen molar-refractivity contribution < 1.29 is 9.47 Å². The number of benzene rings is 2. The van der Waals surface area contributed by atoms with Crippen molar-refractivity contribution in [2.24, 2.45) is 0 Å². The molecule has 2 aromatic carbocycles. The largest absolute Gasteiger partial charge is 0.496 e. The van der Waals surface area contributed by atoms with Crippen molar-refractivity contribution in [1.29, 1.82) is 0 Å². The van der Waals surface area contributed by atoms with Gasteiger partial charge in [-0.15, -0.1) is 11.3 Å². The predicted molar refractivity (Wildman–Crippen MR) is 118 cm³/mol. The van der Waals surface area contributed by atoms with E-state index in [1.807, 2.05) is 23.5 Å². The second-order valence-electron chi connectivity index (χ2n) is 7.20. The van der Waals surface area contributed by atoms with E-state index in [0.717, 1.165) is 50.6 Å². The first-order valence-corrected chi connectivity index (χ1v) is 10.8. The molecule has 0 amide bonds. The van der Waals surface area contributed by atoms with Crippen LogP contribution in [-0.4, -0.2) is 51.8 Å². The summed E-state index contributed by atoms with van der Waals surface area (Å²) in [5.41, 5.74) is 2.63. The molecular formula is C23H28N2O2S. The summed E-state index contributed by atoms with van der Waals surface area (Å²) in [7, 11) is 3.51. The molecule has 28 heavy (non-hydrogen) atoms. The van der Waals surface area contributed by atoms with Crippen molar-refractivity contribution in [3.05, 3.63) is 53.4 Å². The molecule has 0 unspecified atom stereocenters. The number of thiophene rings is 1. The second-order valence-corrected chi connectivity index (χ2v) is 8.11. The molecule has 0 spiro atoms. The Balaban J connectivity index is 1.31. The number of para-hydroxylation sites is 2. The quantitative estimate of drug-likeness (QED) is 0.579. The molecule has 2 heterocycles. The van der Waals surface area contributed by atoms with Gasteiger partial charge in [-0.3, -0.25) is 4.90 Å². The molecule has 0 N–H and O–H groups in total. The highest BCUT2D eigenvalue weighted by Gasteiger charge is 2.19. The summed E-state index contributed by atoms with van der Waals surface area (Å²) in [6.07, 6.45) is 2.28. The summed E-state index contributed by atoms with van der Waals surface area (Å²) in [5.74, 6) is 1.97. The maximum absolute atomic E-state index is 5.58. The first kappa shape index (κ1) is 19.1. The molecule has 5 heteroatoms. The first-order chi connectivity index (χ1) is 13.8. The Hall–Kier alpha value is -2.24. The van der Waals surface area contributed by atoms with E-state index in [1.165, 1.54) is 27.8 Å². The zero-order chi connectivity index (χ0) is 19.3. The van der Waals surface area contributed by atoms with Crippen LogP contribution < -0.4 is 14.4 Å². The number of rotatable bonds is 7. The summed E-state index contributed by atoms with van der Waals surface area (Å²) in [4.78, 5) is 5.02. The molecule has 3 aromatic rings. The average molecular weight is 397 g/mol. The van der Waals surface area contributed by atoms with Crippen molar-refractivity contribution in [2.45, 2.75) is 12.8 Å². The fourth-order valence-corrected chi connectivity index (χ4v) is 5.08. The van der Waals surface area contributed by atoms with Gasteiger partial charge in [-0.1, -0.05) is 18.2 Å². The number of aryl methyl sites for hydroxylation is 1. The summed E-state index contributed by atoms with van der Waals surface area (Å²) < 4.78 is 12.4. The van der Waals surface area contributed by atoms with Gasteiger partial charge in [-0.25, -0.2) is 0 Å². The zero-order valence-corrected chi connectivity index (χ0v) is 17.5. The van der Waals surface area contributed by atoms with Gasteiger partial charge in [0.15, 0.2) is 0 Å². The van der Waals surface area contributed by atoms with Gasteiger partial charge in [0.25, 0.3) is 0 Å². The van der Waals surface area contributed by atoms with Gasteiger partial charge in [-0.2, -0.15) is 0 Å². The Morgan fingerprint density at radius 1 is 0.893 bits per heavy atom. The number of methoxy groups -OCH3 is 2. The SMILES string of the molecule is COc1ccccc1N1CCN(CCCc2csc3cccc(OC)c23)CC1. The second kappa shape index (κ2) is 8.84. The highest BCUT2D eigenvalue weighted by molar-refractivity contribution is 7.17. The van der Waals surface area contributed by atoms with E-state index in [1.54, 1.807) is 14.2 Å². The van der Waals surface area contributed by atoms with Crippen LogP contribution in [0.4, 0.5) is 5.69 Å². The third-order valence-electron chi connectivity index (χ3n) is 5.58. The molecule has 1 fully saturated rings. The molecule has 1 saturated heterocycles. The van der Waals surface area contributed by atoms with Crippen LogP contribution in [0.3, 0.4) is 0 Å². The van der Waals surface area contributed by atoms with Crippen LogP contribution in [0.2, 0.25) is 0 Å². The fourth-order valence-electron chi connectivity index (χ4n) is 4.07. The topological polar surface area (TPSA) is 24.9 Å². The van der Waals surface area contributed by atoms with Gasteiger partial charge >= 0.3 is 0 Å². The average Bonchev–Trinajstić information content (AvgIpc) is 3.17. The third kappa shape index (κ3) is 3.96. The first-order valence-electron chi connectivity index (χ1n) is 9.93. The minimum atomic E-state index is 0.967. The summed E-state index contributed by atoms with van der Waals surface area (Å²) in [6.45, 7) is 5.45. The maximum atomic E-state index is 5.58. The highest BCUT2D eigenvalue weighted by Crippen LogP contribution is 2.34. The van der Waals surface area contributed by atoms with E-state index in [2.05, 4.69) is 45.5 Å². The van der Waals surface area contributed by atoms with Crippen molar-refractivity contribution in [1.82, 2.24) is 4.90 Å². The molecule has 1 aromatic heterocycles. The lowest BCUT2D eigenvalue weighted by molar-refractivity contribution is 0.254. The Labute approximate surface area is 171 Å². The number of fused-ring (bicyclic) bond motifs is 1. The van der Waals surface area contributed by atoms with Crippen molar-refractivity contribution in [2.75, 3.05) is 51.8 Å². The van der Waals surface area contributed by atoms with E-state index >= 15 is 0 Å². The molecule has 1 aliphatic rings. The Morgan fingerprint density at radius 2 is 1.64 bits per heavy atom. The van der Waals surface area contributed by atoms with Gasteiger partial charge < -0.3 is 14.4 Å². The van der Waals surface area contributed by atoms with Crippen LogP contribution in [-0.2, 0) is 6.42 Å². The lowest BCUT2D eigenvalue weighted by atomic mass is 10.1. The molecule has 1 aliphatic heterocycles. The summed E-state index contributed by atoms with van der Waals surface area (Å²) in [5, 5.41) is 3.60. The van der Waals surface area contributed by atoms with E-state index in [9.17, 15) is 0 Å². The maximum Gasteiger partial charge on any atom is 0.142 e. The number of hydrogen-bond acceptors (Lipinski definition) is 5. The molecule has 0 aliphatic carbocycles. The molecule has 0 atom stereocenters. The lowest BCUT2D eigenvalue weighted by Crippen LogP contribution is -2.46. The van der Waals surface area contributed by atoms with Gasteiger partial charge in [-0.05, 0) is 54.6 Å². The standard InChI is InChI=1S/C23H28N2O2S/c1-26-20-9-4-3-8-19(20)25-15-13-24(14-16-25)12-6-7-18-17-28-22-11-5-10-21(27-2)23(18)22/h3-5,8-11,17H,6-7,12-16H2,1-2H3. The van der Waals surface area contributed by atoms with Gasteiger partial charge in [0, 0.05) is 36.3 Å². The molecule has 0 radical (unpaired) electrons. The Kier molecular flexibility index (Phi) is 6.03. The minimum Gasteiger partial charge on any atom is -0.496 e. The Morgan fingerprint density at radius 3 is 2.43 bits per heavy atom. The van der Waals surface area contributed by atoms with E-state index in [4.69, 9.17) is 9.47 Å². The number of piperazine rings is 1. The fraction of sp³-hybridized carbons (Fsp3) is 0.391. The molecular weight excluding hydrogens is 368 g/mol. The van der Waals surface area contributed by atoms with Crippen LogP contribution in [0.15, 0.2) is 47.8 Å². The van der Waals surface area contributed by atoms with Crippen molar-refractivity contribution in [3.63, 3.8) is 0 Å². The monoisotopic (exact) mass is 396 g/mol. The molecule has 4 nitrogen and oxygen atoms in total. The Bertz CT molecular complexity index is 916. The van der Waals surface area contributed by atoms with E-state index in [-0.39, 0.29) is 0 Å². The normalized spacial score (nSPS) is 15.1. The molecule has 0 bridgehead atoms. The van der Waals surface area contributed by atoms with Crippen LogP contribution in [0.5, 0.6) is 11.5 Å². The van der Waals surface area contributed by atoms with Crippen LogP contribution in [0.1, 0.15) is 12.0 Å². The smallest absolute Gasteiger partial charge is 0.142 e. The van der Waals surface area contributed by atoms with E-state index in [0.29, 0.717) is 0 Å². The number of hydrogen-bond donors (Lipinski definition) is 0. The van der Waals surface area contributed by atoms with Gasteiger partial charge in [0.2, 0.25) is 0 Å². The van der Waals surface area contributed by atoms with Crippen LogP contribution in [0, 0.1) is 0 Å². The predicted octanol–water partition coefficient (Wildman–Crippen LogP) is 4.67. The van der Waals surface area contributed by atoms with Gasteiger partial charge in [0.05, 0.1) is 19.9 Å². The molecule has 0 saturated carbocycles. The number of anilines is 1. The van der Waals surface area contributed by atoms with Crippen molar-refractivity contribution in [3.8, 4) is 11.5 Å². The number of nitrogens with zero attached hydrogens (tertiary/aromatic N) is 2. The zero-order valence-electron chi connectivity index (χ0n) is 16.7. The molecule has 4 rings (SSSR count). The highest BCUT2D eigenvalue weighted by atomic mass is 32.1. The summed E-state index contributed by atoms with van der Waals surface area (Å²) >= 11 is 1.82. The van der Waals surface area contributed by atoms with Crippen LogP contribution >= 0.6 is 11.3 Å². The number of ether oxygens (including phenoxy) is 2. The molecule has 148 valence electrons. The third-order valence-corrected chi connectivity index (χ3v) is 6.57. The minimum absolute atomic E-state index is 0.967. The van der Waals surface area contributed by atoms with Crippen molar-refractivity contribution >= 4 is 27.1 Å². The van der Waals surface area contributed by atoms with Gasteiger partial charge in [0.1, 0.15) is 11.5 Å². The van der Waals surface area contributed by atoms with E-state index < -0.39 is 0 Å². The van der Waals surface area contributed by atoms with Crippen LogP contribution in [0.25, 0.3) is 10.1 Å².